The molecule has 7 nitrogen and oxygen atoms in total. The summed E-state index contributed by atoms with van der Waals surface area (Å²) >= 11 is 1.63. The lowest BCUT2D eigenvalue weighted by molar-refractivity contribution is -0.118. The summed E-state index contributed by atoms with van der Waals surface area (Å²) in [6.45, 7) is 3.68. The Morgan fingerprint density at radius 1 is 1.08 bits per heavy atom. The predicted octanol–water partition coefficient (Wildman–Crippen LogP) is 2.50. The van der Waals surface area contributed by atoms with Crippen molar-refractivity contribution >= 4 is 40.6 Å². The molecule has 1 heterocycles. The Labute approximate surface area is 156 Å². The first-order valence-corrected chi connectivity index (χ1v) is 9.05. The first-order valence-electron chi connectivity index (χ1n) is 8.17. The Bertz CT molecular complexity index is 775. The maximum Gasteiger partial charge on any atom is 0.321 e. The third-order valence-corrected chi connectivity index (χ3v) is 4.51. The summed E-state index contributed by atoms with van der Waals surface area (Å²) in [4.78, 5) is 36.0. The second-order valence-electron chi connectivity index (χ2n) is 5.65. The summed E-state index contributed by atoms with van der Waals surface area (Å²) in [7, 11) is 0. The van der Waals surface area contributed by atoms with Crippen LogP contribution in [0.2, 0.25) is 0 Å². The number of urea groups is 1. The molecule has 8 heteroatoms. The molecule has 0 saturated carbocycles. The molecule has 1 aromatic carbocycles. The molecule has 0 radical (unpaired) electrons. The van der Waals surface area contributed by atoms with Crippen LogP contribution in [-0.2, 0) is 16.0 Å². The quantitative estimate of drug-likeness (QED) is 0.598. The summed E-state index contributed by atoms with van der Waals surface area (Å²) in [5.41, 5.74) is 2.20. The smallest absolute Gasteiger partial charge is 0.321 e. The van der Waals surface area contributed by atoms with E-state index in [1.54, 1.807) is 29.5 Å². The van der Waals surface area contributed by atoms with Crippen LogP contribution in [0.1, 0.15) is 17.4 Å². The van der Waals surface area contributed by atoms with E-state index in [2.05, 4.69) is 21.3 Å². The molecular weight excluding hydrogens is 352 g/mol. The minimum atomic E-state index is -0.517. The van der Waals surface area contributed by atoms with E-state index in [9.17, 15) is 14.4 Å². The van der Waals surface area contributed by atoms with Gasteiger partial charge >= 0.3 is 6.03 Å². The van der Waals surface area contributed by atoms with Crippen molar-refractivity contribution in [2.45, 2.75) is 20.3 Å². The summed E-state index contributed by atoms with van der Waals surface area (Å²) < 4.78 is 0. The van der Waals surface area contributed by atoms with Gasteiger partial charge in [0.1, 0.15) is 0 Å². The first kappa shape index (κ1) is 19.5. The van der Waals surface area contributed by atoms with Gasteiger partial charge in [-0.15, -0.1) is 11.3 Å². The number of hydrogen-bond donors (Lipinski definition) is 4. The third-order valence-electron chi connectivity index (χ3n) is 3.57. The van der Waals surface area contributed by atoms with Gasteiger partial charge in [-0.3, -0.25) is 14.9 Å². The summed E-state index contributed by atoms with van der Waals surface area (Å²) in [6, 6.07) is 8.79. The molecule has 138 valence electrons. The van der Waals surface area contributed by atoms with Gasteiger partial charge in [0.05, 0.1) is 6.54 Å². The van der Waals surface area contributed by atoms with Crippen molar-refractivity contribution < 1.29 is 14.4 Å². The standard InChI is InChI=1S/C18H22N4O3S/c1-12-15(6-3-7-16(12)21-13(2)23)20-11-17(24)22-18(25)19-9-8-14-5-4-10-26-14/h3-7,10,20H,8-9,11H2,1-2H3,(H,21,23)(H2,19,22,24,25). The second kappa shape index (κ2) is 9.57. The normalized spacial score (nSPS) is 10.1. The topological polar surface area (TPSA) is 99.3 Å². The fourth-order valence-corrected chi connectivity index (χ4v) is 3.01. The number of benzene rings is 1. The van der Waals surface area contributed by atoms with Gasteiger partial charge in [0, 0.05) is 29.7 Å². The molecule has 0 aliphatic rings. The Kier molecular flexibility index (Phi) is 7.16. The zero-order valence-corrected chi connectivity index (χ0v) is 15.5. The van der Waals surface area contributed by atoms with Gasteiger partial charge in [-0.1, -0.05) is 12.1 Å². The van der Waals surface area contributed by atoms with E-state index in [0.717, 1.165) is 12.0 Å². The average molecular weight is 374 g/mol. The average Bonchev–Trinajstić information content (AvgIpc) is 3.08. The predicted molar refractivity (Wildman–Crippen MR) is 104 cm³/mol. The molecule has 4 N–H and O–H groups in total. The van der Waals surface area contributed by atoms with Crippen molar-refractivity contribution in [3.63, 3.8) is 0 Å². The van der Waals surface area contributed by atoms with Gasteiger partial charge in [0.25, 0.3) is 0 Å². The minimum absolute atomic E-state index is 0.0529. The van der Waals surface area contributed by atoms with Crippen LogP contribution in [0.5, 0.6) is 0 Å². The van der Waals surface area contributed by atoms with E-state index >= 15 is 0 Å². The largest absolute Gasteiger partial charge is 0.376 e. The van der Waals surface area contributed by atoms with Crippen LogP contribution < -0.4 is 21.3 Å². The van der Waals surface area contributed by atoms with Gasteiger partial charge in [0.15, 0.2) is 0 Å². The summed E-state index contributed by atoms with van der Waals surface area (Å²) in [5.74, 6) is -0.606. The van der Waals surface area contributed by atoms with Crippen LogP contribution in [-0.4, -0.2) is 30.9 Å². The van der Waals surface area contributed by atoms with Crippen molar-refractivity contribution in [3.05, 3.63) is 46.2 Å². The van der Waals surface area contributed by atoms with E-state index in [1.807, 2.05) is 24.4 Å². The van der Waals surface area contributed by atoms with Crippen LogP contribution in [0.3, 0.4) is 0 Å². The highest BCUT2D eigenvalue weighted by molar-refractivity contribution is 7.09. The van der Waals surface area contributed by atoms with Crippen LogP contribution in [0.4, 0.5) is 16.2 Å². The van der Waals surface area contributed by atoms with Gasteiger partial charge in [0.2, 0.25) is 11.8 Å². The zero-order chi connectivity index (χ0) is 18.9. The van der Waals surface area contributed by atoms with Crippen LogP contribution >= 0.6 is 11.3 Å². The second-order valence-corrected chi connectivity index (χ2v) is 6.68. The summed E-state index contributed by atoms with van der Waals surface area (Å²) in [6.07, 6.45) is 0.729. The molecule has 2 rings (SSSR count). The molecule has 1 aromatic heterocycles. The number of amides is 4. The van der Waals surface area contributed by atoms with Gasteiger partial charge in [-0.2, -0.15) is 0 Å². The van der Waals surface area contributed by atoms with Crippen molar-refractivity contribution in [3.8, 4) is 0 Å². The Morgan fingerprint density at radius 2 is 1.85 bits per heavy atom. The number of imide groups is 1. The van der Waals surface area contributed by atoms with E-state index in [0.29, 0.717) is 17.9 Å². The van der Waals surface area contributed by atoms with Crippen LogP contribution in [0.15, 0.2) is 35.7 Å². The van der Waals surface area contributed by atoms with Crippen molar-refractivity contribution in [2.24, 2.45) is 0 Å². The molecule has 26 heavy (non-hydrogen) atoms. The summed E-state index contributed by atoms with van der Waals surface area (Å²) in [5, 5.41) is 12.6. The SMILES string of the molecule is CC(=O)Nc1cccc(NCC(=O)NC(=O)NCCc2cccs2)c1C. The number of rotatable bonds is 7. The van der Waals surface area contributed by atoms with Crippen molar-refractivity contribution in [2.75, 3.05) is 23.7 Å². The molecule has 0 saturated heterocycles. The van der Waals surface area contributed by atoms with E-state index in [1.165, 1.54) is 11.8 Å². The lowest BCUT2D eigenvalue weighted by Crippen LogP contribution is -2.42. The zero-order valence-electron chi connectivity index (χ0n) is 14.7. The van der Waals surface area contributed by atoms with Gasteiger partial charge in [-0.05, 0) is 42.5 Å². The number of hydrogen-bond acceptors (Lipinski definition) is 5. The maximum atomic E-state index is 11.9. The highest BCUT2D eigenvalue weighted by Gasteiger charge is 2.09. The molecule has 4 amide bonds. The Morgan fingerprint density at radius 3 is 2.54 bits per heavy atom. The number of carbonyl (C=O) groups excluding carboxylic acids is 3. The van der Waals surface area contributed by atoms with Gasteiger partial charge in [-0.25, -0.2) is 4.79 Å². The minimum Gasteiger partial charge on any atom is -0.376 e. The molecule has 0 spiro atoms. The Balaban J connectivity index is 1.75. The molecule has 0 aliphatic heterocycles. The van der Waals surface area contributed by atoms with E-state index in [4.69, 9.17) is 0 Å². The fourth-order valence-electron chi connectivity index (χ4n) is 2.30. The molecular formula is C18H22N4O3S. The lowest BCUT2D eigenvalue weighted by atomic mass is 10.1. The maximum absolute atomic E-state index is 11.9. The number of carbonyl (C=O) groups is 3. The highest BCUT2D eigenvalue weighted by atomic mass is 32.1. The third kappa shape index (κ3) is 6.21. The van der Waals surface area contributed by atoms with Crippen LogP contribution in [0, 0.1) is 6.92 Å². The number of anilines is 2. The molecule has 0 aliphatic carbocycles. The Hall–Kier alpha value is -2.87. The molecule has 0 bridgehead atoms. The van der Waals surface area contributed by atoms with Crippen molar-refractivity contribution in [1.29, 1.82) is 0 Å². The fraction of sp³-hybridized carbons (Fsp3) is 0.278. The molecule has 0 fully saturated rings. The monoisotopic (exact) mass is 374 g/mol. The van der Waals surface area contributed by atoms with Crippen molar-refractivity contribution in [1.82, 2.24) is 10.6 Å². The van der Waals surface area contributed by atoms with E-state index in [-0.39, 0.29) is 12.5 Å². The highest BCUT2D eigenvalue weighted by Crippen LogP contribution is 2.22. The lowest BCUT2D eigenvalue weighted by Gasteiger charge is -2.13. The van der Waals surface area contributed by atoms with E-state index < -0.39 is 11.9 Å². The number of thiophene rings is 1. The van der Waals surface area contributed by atoms with Gasteiger partial charge < -0.3 is 16.0 Å². The molecule has 2 aromatic rings. The first-order chi connectivity index (χ1) is 12.5. The molecule has 0 unspecified atom stereocenters. The molecule has 0 atom stereocenters. The number of nitrogens with one attached hydrogen (secondary N) is 4. The van der Waals surface area contributed by atoms with Crippen LogP contribution in [0.25, 0.3) is 0 Å².